The second-order valence-corrected chi connectivity index (χ2v) is 7.57. The predicted octanol–water partition coefficient (Wildman–Crippen LogP) is 3.63. The number of benzene rings is 1. The van der Waals surface area contributed by atoms with Gasteiger partial charge in [-0.25, -0.2) is 4.39 Å². The zero-order valence-electron chi connectivity index (χ0n) is 14.3. The summed E-state index contributed by atoms with van der Waals surface area (Å²) < 4.78 is 32.2. The summed E-state index contributed by atoms with van der Waals surface area (Å²) in [4.78, 5) is 0.511. The summed E-state index contributed by atoms with van der Waals surface area (Å²) in [7, 11) is -0.574. The van der Waals surface area contributed by atoms with Gasteiger partial charge in [0.15, 0.2) is 11.6 Å². The van der Waals surface area contributed by atoms with Gasteiger partial charge in [0.05, 0.1) is 17.3 Å². The highest BCUT2D eigenvalue weighted by molar-refractivity contribution is 7.98. The maximum atomic E-state index is 14.7. The van der Waals surface area contributed by atoms with Crippen LogP contribution in [0.2, 0.25) is 0 Å². The molecule has 0 bridgehead atoms. The van der Waals surface area contributed by atoms with Crippen LogP contribution in [0.3, 0.4) is 0 Å². The fourth-order valence-electron chi connectivity index (χ4n) is 2.26. The van der Waals surface area contributed by atoms with Crippen molar-refractivity contribution in [2.24, 2.45) is 0 Å². The zero-order chi connectivity index (χ0) is 16.7. The van der Waals surface area contributed by atoms with E-state index in [1.165, 1.54) is 11.8 Å². The smallest absolute Gasteiger partial charge is 0.488 e. The van der Waals surface area contributed by atoms with Crippen LogP contribution in [0.25, 0.3) is 0 Å². The Morgan fingerprint density at radius 3 is 2.14 bits per heavy atom. The van der Waals surface area contributed by atoms with E-state index in [1.54, 1.807) is 6.07 Å². The lowest BCUT2D eigenvalue weighted by Gasteiger charge is -2.32. The average Bonchev–Trinajstić information content (AvgIpc) is 2.60. The number of hydrogen-bond donors (Lipinski definition) is 0. The van der Waals surface area contributed by atoms with Gasteiger partial charge in [-0.1, -0.05) is 6.07 Å². The van der Waals surface area contributed by atoms with Crippen LogP contribution in [0, 0.1) is 5.82 Å². The Balaban J connectivity index is 2.39. The largest absolute Gasteiger partial charge is 0.496 e. The first kappa shape index (κ1) is 17.6. The van der Waals surface area contributed by atoms with Crippen molar-refractivity contribution < 1.29 is 18.4 Å². The highest BCUT2D eigenvalue weighted by Crippen LogP contribution is 2.38. The van der Waals surface area contributed by atoms with Crippen molar-refractivity contribution >= 4 is 24.3 Å². The minimum absolute atomic E-state index is 0.0769. The fourth-order valence-corrected chi connectivity index (χ4v) is 2.94. The first-order valence-electron chi connectivity index (χ1n) is 7.47. The van der Waals surface area contributed by atoms with Crippen LogP contribution in [-0.2, 0) is 9.31 Å². The van der Waals surface area contributed by atoms with Gasteiger partial charge in [-0.15, -0.1) is 11.8 Å². The van der Waals surface area contributed by atoms with E-state index in [1.807, 2.05) is 53.9 Å². The van der Waals surface area contributed by atoms with Crippen molar-refractivity contribution in [2.75, 3.05) is 6.26 Å². The second kappa shape index (κ2) is 6.06. The van der Waals surface area contributed by atoms with E-state index in [4.69, 9.17) is 14.0 Å². The molecule has 1 heterocycles. The van der Waals surface area contributed by atoms with E-state index in [-0.39, 0.29) is 17.7 Å². The number of ether oxygens (including phenoxy) is 1. The van der Waals surface area contributed by atoms with Crippen molar-refractivity contribution in [1.29, 1.82) is 0 Å². The van der Waals surface area contributed by atoms with Crippen molar-refractivity contribution in [3.63, 3.8) is 0 Å². The normalized spacial score (nSPS) is 19.8. The monoisotopic (exact) mass is 326 g/mol. The molecule has 0 aliphatic carbocycles. The molecule has 0 spiro atoms. The van der Waals surface area contributed by atoms with E-state index in [0.29, 0.717) is 10.4 Å². The van der Waals surface area contributed by atoms with E-state index in [2.05, 4.69) is 0 Å². The Morgan fingerprint density at radius 2 is 1.68 bits per heavy atom. The highest BCUT2D eigenvalue weighted by atomic mass is 32.2. The maximum absolute atomic E-state index is 14.7. The van der Waals surface area contributed by atoms with Crippen LogP contribution in [0.4, 0.5) is 4.39 Å². The van der Waals surface area contributed by atoms with Gasteiger partial charge in [-0.05, 0) is 59.3 Å². The molecule has 0 amide bonds. The van der Waals surface area contributed by atoms with Gasteiger partial charge in [0.2, 0.25) is 0 Å². The van der Waals surface area contributed by atoms with Gasteiger partial charge in [0, 0.05) is 4.90 Å². The van der Waals surface area contributed by atoms with E-state index < -0.39 is 18.3 Å². The summed E-state index contributed by atoms with van der Waals surface area (Å²) in [5.41, 5.74) is -0.187. The van der Waals surface area contributed by atoms with E-state index in [9.17, 15) is 4.39 Å². The quantitative estimate of drug-likeness (QED) is 0.624. The highest BCUT2D eigenvalue weighted by Gasteiger charge is 2.52. The number of thioether (sulfide) groups is 1. The van der Waals surface area contributed by atoms with Crippen molar-refractivity contribution in [1.82, 2.24) is 0 Å². The van der Waals surface area contributed by atoms with Gasteiger partial charge < -0.3 is 14.0 Å². The molecule has 0 atom stereocenters. The predicted molar refractivity (Wildman–Crippen MR) is 89.7 cm³/mol. The van der Waals surface area contributed by atoms with Crippen LogP contribution in [0.1, 0.15) is 41.5 Å². The van der Waals surface area contributed by atoms with Gasteiger partial charge in [0.1, 0.15) is 0 Å². The molecular weight excluding hydrogens is 302 g/mol. The van der Waals surface area contributed by atoms with E-state index >= 15 is 0 Å². The summed E-state index contributed by atoms with van der Waals surface area (Å²) in [6.45, 7) is 11.7. The molecule has 1 aliphatic heterocycles. The first-order valence-corrected chi connectivity index (χ1v) is 8.70. The minimum atomic E-state index is -0.574. The maximum Gasteiger partial charge on any atom is 0.496 e. The molecule has 3 nitrogen and oxygen atoms in total. The van der Waals surface area contributed by atoms with Crippen LogP contribution < -0.4 is 10.2 Å². The van der Waals surface area contributed by atoms with Crippen molar-refractivity contribution in [2.45, 2.75) is 63.7 Å². The molecular formula is C16H24BFO3S. The lowest BCUT2D eigenvalue weighted by molar-refractivity contribution is 0.00578. The van der Waals surface area contributed by atoms with Gasteiger partial charge in [0.25, 0.3) is 0 Å². The molecule has 0 unspecified atom stereocenters. The summed E-state index contributed by atoms with van der Waals surface area (Å²) in [6.07, 6.45) is 1.76. The second-order valence-electron chi connectivity index (χ2n) is 6.76. The molecule has 1 saturated heterocycles. The first-order chi connectivity index (χ1) is 10.1. The molecule has 0 radical (unpaired) electrons. The molecule has 1 aromatic rings. The van der Waals surface area contributed by atoms with Crippen LogP contribution in [0.15, 0.2) is 17.0 Å². The summed E-state index contributed by atoms with van der Waals surface area (Å²) >= 11 is 1.34. The third-order valence-electron chi connectivity index (χ3n) is 4.17. The number of rotatable bonds is 4. The molecule has 1 aliphatic rings. The Hall–Kier alpha value is -0.715. The molecule has 2 rings (SSSR count). The van der Waals surface area contributed by atoms with Crippen LogP contribution in [0.5, 0.6) is 5.75 Å². The van der Waals surface area contributed by atoms with Crippen LogP contribution in [-0.4, -0.2) is 30.7 Å². The standard InChI is InChI=1S/C16H24BFO3S/c1-10(2)19-12-9-8-11(14(22-7)13(12)18)17-20-15(3,4)16(5,6)21-17/h8-10H,1-7H3. The Morgan fingerprint density at radius 1 is 1.14 bits per heavy atom. The lowest BCUT2D eigenvalue weighted by atomic mass is 9.79. The van der Waals surface area contributed by atoms with Crippen molar-refractivity contribution in [3.8, 4) is 5.75 Å². The van der Waals surface area contributed by atoms with E-state index in [0.717, 1.165) is 0 Å². The molecule has 1 aromatic carbocycles. The minimum Gasteiger partial charge on any atom is -0.488 e. The summed E-state index contributed by atoms with van der Waals surface area (Å²) in [6, 6.07) is 3.48. The number of halogens is 1. The fraction of sp³-hybridized carbons (Fsp3) is 0.625. The topological polar surface area (TPSA) is 27.7 Å². The SMILES string of the molecule is CSc1c(B2OC(C)(C)C(C)(C)O2)ccc(OC(C)C)c1F. The summed E-state index contributed by atoms with van der Waals surface area (Å²) in [5, 5.41) is 0. The summed E-state index contributed by atoms with van der Waals surface area (Å²) in [5.74, 6) is -0.0898. The Bertz CT molecular complexity index is 545. The molecule has 0 aromatic heterocycles. The third-order valence-corrected chi connectivity index (χ3v) is 4.99. The lowest BCUT2D eigenvalue weighted by Crippen LogP contribution is -2.41. The Kier molecular flexibility index (Phi) is 4.86. The molecule has 6 heteroatoms. The number of hydrogen-bond acceptors (Lipinski definition) is 4. The molecule has 0 saturated carbocycles. The Labute approximate surface area is 137 Å². The zero-order valence-corrected chi connectivity index (χ0v) is 15.1. The molecule has 122 valence electrons. The molecule has 22 heavy (non-hydrogen) atoms. The molecule has 1 fully saturated rings. The van der Waals surface area contributed by atoms with Crippen molar-refractivity contribution in [3.05, 3.63) is 17.9 Å². The average molecular weight is 326 g/mol. The third kappa shape index (κ3) is 3.14. The van der Waals surface area contributed by atoms with Gasteiger partial charge >= 0.3 is 7.12 Å². The molecule has 0 N–H and O–H groups in total. The van der Waals surface area contributed by atoms with Gasteiger partial charge in [-0.3, -0.25) is 0 Å². The van der Waals surface area contributed by atoms with Gasteiger partial charge in [-0.2, -0.15) is 0 Å². The van der Waals surface area contributed by atoms with Crippen LogP contribution >= 0.6 is 11.8 Å².